The third-order valence-corrected chi connectivity index (χ3v) is 3.84. The predicted octanol–water partition coefficient (Wildman–Crippen LogP) is 4.96. The number of rotatable bonds is 2. The number of ether oxygens (including phenoxy) is 1. The molecule has 0 saturated carbocycles. The largest absolute Gasteiger partial charge is 0.442 e. The van der Waals surface area contributed by atoms with Crippen LogP contribution in [0.15, 0.2) is 22.8 Å². The van der Waals surface area contributed by atoms with E-state index in [1.54, 1.807) is 39.1 Å². The van der Waals surface area contributed by atoms with E-state index in [4.69, 9.17) is 4.74 Å². The second-order valence-corrected chi connectivity index (χ2v) is 9.07. The number of benzene rings is 1. The monoisotopic (exact) mass is 409 g/mol. The zero-order valence-corrected chi connectivity index (χ0v) is 17.0. The molecule has 0 unspecified atom stereocenters. The van der Waals surface area contributed by atoms with Gasteiger partial charge in [0.15, 0.2) is 0 Å². The van der Waals surface area contributed by atoms with Gasteiger partial charge in [-0.15, -0.1) is 0 Å². The zero-order chi connectivity index (χ0) is 19.0. The molecule has 2 aromatic rings. The molecule has 1 amide bonds. The van der Waals surface area contributed by atoms with Crippen molar-refractivity contribution in [2.45, 2.75) is 53.6 Å². The number of hydrogen-bond acceptors (Lipinski definition) is 4. The molecule has 0 spiro atoms. The van der Waals surface area contributed by atoms with Crippen LogP contribution in [0.2, 0.25) is 0 Å². The number of halogens is 1. The van der Waals surface area contributed by atoms with Crippen LogP contribution in [0.1, 0.15) is 48.0 Å². The minimum atomic E-state index is -0.604. The Morgan fingerprint density at radius 3 is 2.40 bits per heavy atom. The lowest BCUT2D eigenvalue weighted by atomic mass is 9.92. The first-order valence-corrected chi connectivity index (χ1v) is 8.85. The van der Waals surface area contributed by atoms with E-state index < -0.39 is 11.7 Å². The average molecular weight is 410 g/mol. The third kappa shape index (κ3) is 5.29. The Hall–Kier alpha value is -1.89. The first kappa shape index (κ1) is 19.4. The minimum Gasteiger partial charge on any atom is -0.442 e. The van der Waals surface area contributed by atoms with E-state index >= 15 is 0 Å². The van der Waals surface area contributed by atoms with Crippen LogP contribution in [-0.4, -0.2) is 27.4 Å². The molecule has 0 aliphatic heterocycles. The fourth-order valence-electron chi connectivity index (χ4n) is 2.27. The highest BCUT2D eigenvalue weighted by molar-refractivity contribution is 9.10. The van der Waals surface area contributed by atoms with Crippen molar-refractivity contribution in [2.75, 3.05) is 5.32 Å². The van der Waals surface area contributed by atoms with Gasteiger partial charge in [0, 0.05) is 16.3 Å². The number of nitrogens with one attached hydrogen (secondary N) is 1. The van der Waals surface area contributed by atoms with Crippen LogP contribution < -0.4 is 5.32 Å². The summed E-state index contributed by atoms with van der Waals surface area (Å²) in [6.45, 7) is 11.4. The molecule has 0 aliphatic rings. The number of amides is 1. The molecule has 136 valence electrons. The summed E-state index contributed by atoms with van der Waals surface area (Å²) >= 11 is 3.45. The maximum absolute atomic E-state index is 12.3. The van der Waals surface area contributed by atoms with E-state index in [2.05, 4.69) is 26.3 Å². The number of aromatic nitrogens is 2. The molecular weight excluding hydrogens is 386 g/mol. The lowest BCUT2D eigenvalue weighted by Gasteiger charge is -2.19. The van der Waals surface area contributed by atoms with E-state index in [9.17, 15) is 9.59 Å². The van der Waals surface area contributed by atoms with Gasteiger partial charge in [-0.3, -0.25) is 4.79 Å². The molecule has 1 aromatic heterocycles. The van der Waals surface area contributed by atoms with Gasteiger partial charge in [0.05, 0.1) is 17.4 Å². The first-order valence-electron chi connectivity index (χ1n) is 8.06. The van der Waals surface area contributed by atoms with Gasteiger partial charge in [-0.25, -0.2) is 4.79 Å². The third-order valence-electron chi connectivity index (χ3n) is 3.19. The van der Waals surface area contributed by atoms with Crippen molar-refractivity contribution in [1.82, 2.24) is 9.78 Å². The summed E-state index contributed by atoms with van der Waals surface area (Å²) in [5.41, 5.74) is 0.552. The SMILES string of the molecule is CC(C)(C)CC(=O)Nc1cc2cnn(C(=O)OC(C)(C)C)c2cc1Br. The van der Waals surface area contributed by atoms with Crippen molar-refractivity contribution in [3.05, 3.63) is 22.8 Å². The lowest BCUT2D eigenvalue weighted by Crippen LogP contribution is -2.27. The van der Waals surface area contributed by atoms with Crippen molar-refractivity contribution < 1.29 is 14.3 Å². The maximum Gasteiger partial charge on any atom is 0.435 e. The van der Waals surface area contributed by atoms with Gasteiger partial charge in [-0.2, -0.15) is 9.78 Å². The fourth-order valence-corrected chi connectivity index (χ4v) is 2.70. The Morgan fingerprint density at radius 2 is 1.84 bits per heavy atom. The summed E-state index contributed by atoms with van der Waals surface area (Å²) in [5.74, 6) is -0.0629. The zero-order valence-electron chi connectivity index (χ0n) is 15.4. The molecule has 0 radical (unpaired) electrons. The Labute approximate surface area is 156 Å². The highest BCUT2D eigenvalue weighted by atomic mass is 79.9. The van der Waals surface area contributed by atoms with Gasteiger partial charge in [0.25, 0.3) is 0 Å². The standard InChI is InChI=1S/C18H24BrN3O3/c1-17(2,3)9-15(23)21-13-7-11-10-20-22(14(11)8-12(13)19)16(24)25-18(4,5)6/h7-8,10H,9H2,1-6H3,(H,21,23). The van der Waals surface area contributed by atoms with E-state index in [1.165, 1.54) is 4.68 Å². The average Bonchev–Trinajstić information content (AvgIpc) is 2.77. The van der Waals surface area contributed by atoms with Gasteiger partial charge in [0.2, 0.25) is 5.91 Å². The van der Waals surface area contributed by atoms with Crippen LogP contribution in [0.25, 0.3) is 10.9 Å². The molecular formula is C18H24BrN3O3. The molecule has 2 rings (SSSR count). The lowest BCUT2D eigenvalue weighted by molar-refractivity contribution is -0.117. The Morgan fingerprint density at radius 1 is 1.20 bits per heavy atom. The highest BCUT2D eigenvalue weighted by Gasteiger charge is 2.21. The van der Waals surface area contributed by atoms with Crippen LogP contribution in [0.4, 0.5) is 10.5 Å². The van der Waals surface area contributed by atoms with Gasteiger partial charge in [-0.1, -0.05) is 20.8 Å². The van der Waals surface area contributed by atoms with Crippen LogP contribution in [0, 0.1) is 5.41 Å². The summed E-state index contributed by atoms with van der Waals surface area (Å²) in [5, 5.41) is 7.74. The number of anilines is 1. The quantitative estimate of drug-likeness (QED) is 0.760. The van der Waals surface area contributed by atoms with Crippen molar-refractivity contribution in [2.24, 2.45) is 5.41 Å². The van der Waals surface area contributed by atoms with Crippen LogP contribution >= 0.6 is 15.9 Å². The molecule has 1 heterocycles. The molecule has 0 saturated heterocycles. The molecule has 25 heavy (non-hydrogen) atoms. The predicted molar refractivity (Wildman–Crippen MR) is 102 cm³/mol. The molecule has 6 nitrogen and oxygen atoms in total. The molecule has 7 heteroatoms. The van der Waals surface area contributed by atoms with Gasteiger partial charge >= 0.3 is 6.09 Å². The Kier molecular flexibility index (Phi) is 5.27. The summed E-state index contributed by atoms with van der Waals surface area (Å²) in [7, 11) is 0. The van der Waals surface area contributed by atoms with Crippen molar-refractivity contribution in [1.29, 1.82) is 0 Å². The minimum absolute atomic E-state index is 0.0629. The van der Waals surface area contributed by atoms with E-state index in [-0.39, 0.29) is 11.3 Å². The molecule has 0 aliphatic carbocycles. The van der Waals surface area contributed by atoms with E-state index in [0.717, 1.165) is 5.39 Å². The summed E-state index contributed by atoms with van der Waals surface area (Å²) in [4.78, 5) is 24.4. The van der Waals surface area contributed by atoms with E-state index in [1.807, 2.05) is 20.8 Å². The molecule has 0 bridgehead atoms. The van der Waals surface area contributed by atoms with Gasteiger partial charge in [-0.05, 0) is 54.2 Å². The van der Waals surface area contributed by atoms with Gasteiger partial charge < -0.3 is 10.1 Å². The van der Waals surface area contributed by atoms with Crippen LogP contribution in [0.3, 0.4) is 0 Å². The summed E-state index contributed by atoms with van der Waals surface area (Å²) in [6.07, 6.45) is 1.44. The number of hydrogen-bond donors (Lipinski definition) is 1. The maximum atomic E-state index is 12.3. The highest BCUT2D eigenvalue weighted by Crippen LogP contribution is 2.30. The molecule has 0 atom stereocenters. The summed E-state index contributed by atoms with van der Waals surface area (Å²) < 4.78 is 7.24. The van der Waals surface area contributed by atoms with Crippen molar-refractivity contribution in [3.63, 3.8) is 0 Å². The Balaban J connectivity index is 2.29. The number of nitrogens with zero attached hydrogens (tertiary/aromatic N) is 2. The second kappa shape index (κ2) is 6.78. The van der Waals surface area contributed by atoms with Crippen LogP contribution in [0.5, 0.6) is 0 Å². The molecule has 0 fully saturated rings. The summed E-state index contributed by atoms with van der Waals surface area (Å²) in [6, 6.07) is 3.53. The van der Waals surface area contributed by atoms with Crippen LogP contribution in [-0.2, 0) is 9.53 Å². The number of carbonyl (C=O) groups excluding carboxylic acids is 2. The van der Waals surface area contributed by atoms with Crippen molar-refractivity contribution in [3.8, 4) is 0 Å². The molecule has 1 N–H and O–H groups in total. The van der Waals surface area contributed by atoms with E-state index in [0.29, 0.717) is 22.1 Å². The normalized spacial score (nSPS) is 12.3. The number of fused-ring (bicyclic) bond motifs is 1. The fraction of sp³-hybridized carbons (Fsp3) is 0.500. The molecule has 1 aromatic carbocycles. The Bertz CT molecular complexity index is 813. The smallest absolute Gasteiger partial charge is 0.435 e. The topological polar surface area (TPSA) is 73.2 Å². The second-order valence-electron chi connectivity index (χ2n) is 8.21. The van der Waals surface area contributed by atoms with Gasteiger partial charge in [0.1, 0.15) is 5.60 Å². The first-order chi connectivity index (χ1) is 11.4. The van der Waals surface area contributed by atoms with Crippen molar-refractivity contribution >= 4 is 44.5 Å². The number of carbonyl (C=O) groups is 2.